The number of hydrogen-bond acceptors (Lipinski definition) is 3. The molecule has 0 aliphatic heterocycles. The summed E-state index contributed by atoms with van der Waals surface area (Å²) in [6, 6.07) is 3.76. The van der Waals surface area contributed by atoms with Crippen molar-refractivity contribution in [2.45, 2.75) is 19.9 Å². The van der Waals surface area contributed by atoms with Gasteiger partial charge in [-0.05, 0) is 17.7 Å². The zero-order chi connectivity index (χ0) is 12.3. The van der Waals surface area contributed by atoms with Gasteiger partial charge in [0.1, 0.15) is 17.4 Å². The van der Waals surface area contributed by atoms with Crippen molar-refractivity contribution in [3.05, 3.63) is 47.8 Å². The summed E-state index contributed by atoms with van der Waals surface area (Å²) in [4.78, 5) is 8.31. The van der Waals surface area contributed by atoms with Crippen LogP contribution in [0.2, 0.25) is 0 Å². The van der Waals surface area contributed by atoms with E-state index in [-0.39, 0.29) is 5.84 Å². The summed E-state index contributed by atoms with van der Waals surface area (Å²) in [7, 11) is 0. The van der Waals surface area contributed by atoms with Crippen LogP contribution in [0.3, 0.4) is 0 Å². The molecule has 0 aromatic carbocycles. The van der Waals surface area contributed by atoms with E-state index in [1.54, 1.807) is 12.4 Å². The van der Waals surface area contributed by atoms with Crippen LogP contribution >= 0.6 is 0 Å². The standard InChI is InChI=1S/C12H15N5/c1-2-11-16-5-6-17(11)8-9-3-4-15-10(7-9)12(13)14/h3-7H,2,8H2,1H3,(H3,13,14). The molecule has 2 rings (SSSR count). The van der Waals surface area contributed by atoms with Crippen molar-refractivity contribution in [2.75, 3.05) is 0 Å². The third-order valence-electron chi connectivity index (χ3n) is 2.57. The highest BCUT2D eigenvalue weighted by Crippen LogP contribution is 2.07. The van der Waals surface area contributed by atoms with E-state index < -0.39 is 0 Å². The highest BCUT2D eigenvalue weighted by Gasteiger charge is 2.03. The Morgan fingerprint density at radius 1 is 1.41 bits per heavy atom. The lowest BCUT2D eigenvalue weighted by Crippen LogP contribution is -2.14. The number of imidazole rings is 1. The Morgan fingerprint density at radius 3 is 2.94 bits per heavy atom. The van der Waals surface area contributed by atoms with Crippen LogP contribution in [-0.2, 0) is 13.0 Å². The van der Waals surface area contributed by atoms with E-state index in [0.29, 0.717) is 5.69 Å². The Bertz CT molecular complexity index is 529. The number of nitrogens with zero attached hydrogens (tertiary/aromatic N) is 3. The summed E-state index contributed by atoms with van der Waals surface area (Å²) in [5, 5.41) is 7.36. The second kappa shape index (κ2) is 4.78. The molecule has 2 aromatic rings. The van der Waals surface area contributed by atoms with Gasteiger partial charge >= 0.3 is 0 Å². The summed E-state index contributed by atoms with van der Waals surface area (Å²) in [6.45, 7) is 2.80. The molecule has 5 heteroatoms. The maximum absolute atomic E-state index is 7.36. The Morgan fingerprint density at radius 2 is 2.24 bits per heavy atom. The van der Waals surface area contributed by atoms with E-state index in [4.69, 9.17) is 11.1 Å². The van der Waals surface area contributed by atoms with Crippen molar-refractivity contribution >= 4 is 5.84 Å². The number of pyridine rings is 1. The van der Waals surface area contributed by atoms with E-state index >= 15 is 0 Å². The van der Waals surface area contributed by atoms with Crippen molar-refractivity contribution in [1.82, 2.24) is 14.5 Å². The molecule has 0 amide bonds. The molecule has 17 heavy (non-hydrogen) atoms. The molecular weight excluding hydrogens is 214 g/mol. The first-order valence-electron chi connectivity index (χ1n) is 5.50. The predicted molar refractivity (Wildman–Crippen MR) is 66.0 cm³/mol. The fourth-order valence-electron chi connectivity index (χ4n) is 1.72. The van der Waals surface area contributed by atoms with Crippen LogP contribution in [-0.4, -0.2) is 20.4 Å². The summed E-state index contributed by atoms with van der Waals surface area (Å²) in [6.07, 6.45) is 6.32. The Kier molecular flexibility index (Phi) is 3.18. The predicted octanol–water partition coefficient (Wildman–Crippen LogP) is 1.17. The van der Waals surface area contributed by atoms with Gasteiger partial charge in [0.05, 0.1) is 0 Å². The summed E-state index contributed by atoms with van der Waals surface area (Å²) < 4.78 is 2.08. The number of hydrogen-bond donors (Lipinski definition) is 2. The Hall–Kier alpha value is -2.17. The lowest BCUT2D eigenvalue weighted by molar-refractivity contribution is 0.731. The zero-order valence-corrected chi connectivity index (χ0v) is 9.72. The van der Waals surface area contributed by atoms with Gasteiger partial charge in [0.25, 0.3) is 0 Å². The monoisotopic (exact) mass is 229 g/mol. The number of amidine groups is 1. The molecule has 0 spiro atoms. The van der Waals surface area contributed by atoms with Gasteiger partial charge in [-0.2, -0.15) is 0 Å². The lowest BCUT2D eigenvalue weighted by atomic mass is 10.2. The highest BCUT2D eigenvalue weighted by molar-refractivity contribution is 5.93. The Labute approximate surface area is 99.8 Å². The second-order valence-corrected chi connectivity index (χ2v) is 3.79. The fourth-order valence-corrected chi connectivity index (χ4v) is 1.72. The van der Waals surface area contributed by atoms with Crippen LogP contribution in [0.5, 0.6) is 0 Å². The molecule has 2 aromatic heterocycles. The molecule has 0 radical (unpaired) electrons. The molecule has 0 fully saturated rings. The minimum absolute atomic E-state index is 0.00630. The maximum Gasteiger partial charge on any atom is 0.141 e. The van der Waals surface area contributed by atoms with Gasteiger partial charge in [0, 0.05) is 31.6 Å². The zero-order valence-electron chi connectivity index (χ0n) is 9.72. The van der Waals surface area contributed by atoms with E-state index in [1.807, 2.05) is 18.3 Å². The van der Waals surface area contributed by atoms with Gasteiger partial charge in [-0.15, -0.1) is 0 Å². The van der Waals surface area contributed by atoms with Crippen molar-refractivity contribution in [3.63, 3.8) is 0 Å². The highest BCUT2D eigenvalue weighted by atomic mass is 15.1. The van der Waals surface area contributed by atoms with Crippen molar-refractivity contribution in [3.8, 4) is 0 Å². The summed E-state index contributed by atoms with van der Waals surface area (Å²) in [5.74, 6) is 1.04. The number of rotatable bonds is 4. The smallest absolute Gasteiger partial charge is 0.141 e. The van der Waals surface area contributed by atoms with Crippen molar-refractivity contribution < 1.29 is 0 Å². The quantitative estimate of drug-likeness (QED) is 0.610. The fraction of sp³-hybridized carbons (Fsp3) is 0.250. The summed E-state index contributed by atoms with van der Waals surface area (Å²) >= 11 is 0. The van der Waals surface area contributed by atoms with Crippen LogP contribution in [0.1, 0.15) is 24.0 Å². The lowest BCUT2D eigenvalue weighted by Gasteiger charge is -2.07. The van der Waals surface area contributed by atoms with E-state index in [0.717, 1.165) is 24.4 Å². The molecular formula is C12H15N5. The molecule has 0 aliphatic rings. The molecule has 0 unspecified atom stereocenters. The number of nitrogen functional groups attached to an aromatic ring is 1. The van der Waals surface area contributed by atoms with Crippen LogP contribution in [0.25, 0.3) is 0 Å². The van der Waals surface area contributed by atoms with Gasteiger partial charge in [0.15, 0.2) is 0 Å². The molecule has 0 saturated heterocycles. The topological polar surface area (TPSA) is 80.6 Å². The van der Waals surface area contributed by atoms with Gasteiger partial charge in [-0.3, -0.25) is 10.4 Å². The number of aromatic nitrogens is 3. The molecule has 0 bridgehead atoms. The summed E-state index contributed by atoms with van der Waals surface area (Å²) in [5.41, 5.74) is 7.00. The van der Waals surface area contributed by atoms with Gasteiger partial charge < -0.3 is 10.3 Å². The Balaban J connectivity index is 2.24. The largest absolute Gasteiger partial charge is 0.382 e. The SMILES string of the molecule is CCc1nccn1Cc1ccnc(C(=N)N)c1. The van der Waals surface area contributed by atoms with Crippen LogP contribution in [0.15, 0.2) is 30.7 Å². The average molecular weight is 229 g/mol. The molecule has 88 valence electrons. The van der Waals surface area contributed by atoms with E-state index in [9.17, 15) is 0 Å². The first-order valence-corrected chi connectivity index (χ1v) is 5.50. The minimum Gasteiger partial charge on any atom is -0.382 e. The second-order valence-electron chi connectivity index (χ2n) is 3.79. The molecule has 0 atom stereocenters. The number of aryl methyl sites for hydroxylation is 1. The van der Waals surface area contributed by atoms with Crippen LogP contribution in [0.4, 0.5) is 0 Å². The van der Waals surface area contributed by atoms with E-state index in [1.165, 1.54) is 0 Å². The molecule has 5 nitrogen and oxygen atoms in total. The first kappa shape index (κ1) is 11.3. The van der Waals surface area contributed by atoms with Gasteiger partial charge in [-0.25, -0.2) is 4.98 Å². The molecule has 0 aliphatic carbocycles. The van der Waals surface area contributed by atoms with Crippen molar-refractivity contribution in [1.29, 1.82) is 5.41 Å². The first-order chi connectivity index (χ1) is 8.20. The van der Waals surface area contributed by atoms with Crippen LogP contribution < -0.4 is 5.73 Å². The average Bonchev–Trinajstić information content (AvgIpc) is 2.76. The number of nitrogens with one attached hydrogen (secondary N) is 1. The third kappa shape index (κ3) is 2.50. The molecule has 2 heterocycles. The van der Waals surface area contributed by atoms with Gasteiger partial charge in [-0.1, -0.05) is 6.92 Å². The number of nitrogens with two attached hydrogens (primary N) is 1. The maximum atomic E-state index is 7.36. The molecule has 3 N–H and O–H groups in total. The van der Waals surface area contributed by atoms with Crippen LogP contribution in [0, 0.1) is 5.41 Å². The minimum atomic E-state index is -0.00630. The van der Waals surface area contributed by atoms with Crippen molar-refractivity contribution in [2.24, 2.45) is 5.73 Å². The van der Waals surface area contributed by atoms with E-state index in [2.05, 4.69) is 21.5 Å². The third-order valence-corrected chi connectivity index (χ3v) is 2.57. The normalized spacial score (nSPS) is 10.4. The molecule has 0 saturated carbocycles. The van der Waals surface area contributed by atoms with Gasteiger partial charge in [0.2, 0.25) is 0 Å².